The van der Waals surface area contributed by atoms with E-state index in [0.717, 1.165) is 0 Å². The summed E-state index contributed by atoms with van der Waals surface area (Å²) >= 11 is 12.1. The molecule has 1 heterocycles. The average Bonchev–Trinajstić information content (AvgIpc) is 3.04. The highest BCUT2D eigenvalue weighted by Crippen LogP contribution is 2.38. The lowest BCUT2D eigenvalue weighted by atomic mass is 10.0. The van der Waals surface area contributed by atoms with Crippen LogP contribution in [-0.4, -0.2) is 18.5 Å². The highest BCUT2D eigenvalue weighted by Gasteiger charge is 2.24. The average molecular weight is 443 g/mol. The SMILES string of the molecule is CCOC(=O)c1c(C)oc2c1cc(OC(=O)c1ccc(Cl)cc1Cl)c1ccccc12. The van der Waals surface area contributed by atoms with Crippen LogP contribution in [0.2, 0.25) is 10.0 Å². The standard InChI is InChI=1S/C23H16Cl2O5/c1-3-28-23(27)20-12(2)29-21-15-7-5-4-6-14(15)19(11-17(20)21)30-22(26)16-9-8-13(24)10-18(16)25/h4-11H,3H2,1-2H3. The lowest BCUT2D eigenvalue weighted by molar-refractivity contribution is 0.0526. The zero-order valence-electron chi connectivity index (χ0n) is 16.1. The number of carbonyl (C=O) groups excluding carboxylic acids is 2. The second-order valence-corrected chi connectivity index (χ2v) is 7.41. The van der Waals surface area contributed by atoms with Gasteiger partial charge in [-0.1, -0.05) is 47.5 Å². The Bertz CT molecular complexity index is 1310. The maximum absolute atomic E-state index is 12.8. The lowest BCUT2D eigenvalue weighted by Gasteiger charge is -2.10. The van der Waals surface area contributed by atoms with Crippen LogP contribution in [0.1, 0.15) is 33.4 Å². The van der Waals surface area contributed by atoms with Crippen LogP contribution in [0, 0.1) is 6.92 Å². The summed E-state index contributed by atoms with van der Waals surface area (Å²) in [5.74, 6) is -0.431. The molecule has 152 valence electrons. The first-order chi connectivity index (χ1) is 14.4. The van der Waals surface area contributed by atoms with Crippen molar-refractivity contribution in [2.24, 2.45) is 0 Å². The van der Waals surface area contributed by atoms with Crippen molar-refractivity contribution < 1.29 is 23.5 Å². The van der Waals surface area contributed by atoms with Gasteiger partial charge in [0, 0.05) is 21.2 Å². The Morgan fingerprint density at radius 2 is 1.70 bits per heavy atom. The molecule has 0 saturated heterocycles. The van der Waals surface area contributed by atoms with Gasteiger partial charge in [0.25, 0.3) is 0 Å². The topological polar surface area (TPSA) is 65.7 Å². The number of hydrogen-bond acceptors (Lipinski definition) is 5. The number of hydrogen-bond donors (Lipinski definition) is 0. The predicted molar refractivity (Wildman–Crippen MR) is 116 cm³/mol. The number of esters is 2. The van der Waals surface area contributed by atoms with Crippen molar-refractivity contribution in [3.63, 3.8) is 0 Å². The summed E-state index contributed by atoms with van der Waals surface area (Å²) in [5, 5.41) is 2.47. The van der Waals surface area contributed by atoms with Crippen molar-refractivity contribution in [1.29, 1.82) is 0 Å². The molecule has 3 aromatic carbocycles. The van der Waals surface area contributed by atoms with Gasteiger partial charge < -0.3 is 13.9 Å². The Kier molecular flexibility index (Phi) is 5.41. The van der Waals surface area contributed by atoms with Crippen molar-refractivity contribution in [2.45, 2.75) is 13.8 Å². The quantitative estimate of drug-likeness (QED) is 0.263. The summed E-state index contributed by atoms with van der Waals surface area (Å²) in [6.45, 7) is 3.66. The van der Waals surface area contributed by atoms with E-state index >= 15 is 0 Å². The van der Waals surface area contributed by atoms with Crippen molar-refractivity contribution in [3.8, 4) is 5.75 Å². The third-order valence-corrected chi connectivity index (χ3v) is 5.21. The van der Waals surface area contributed by atoms with E-state index in [2.05, 4.69) is 0 Å². The molecule has 0 aliphatic heterocycles. The summed E-state index contributed by atoms with van der Waals surface area (Å²) in [4.78, 5) is 25.3. The minimum Gasteiger partial charge on any atom is -0.462 e. The van der Waals surface area contributed by atoms with Gasteiger partial charge in [0.15, 0.2) is 0 Å². The van der Waals surface area contributed by atoms with E-state index in [9.17, 15) is 9.59 Å². The van der Waals surface area contributed by atoms with Crippen LogP contribution in [0.3, 0.4) is 0 Å². The van der Waals surface area contributed by atoms with E-state index < -0.39 is 11.9 Å². The Morgan fingerprint density at radius 3 is 2.40 bits per heavy atom. The minimum absolute atomic E-state index is 0.180. The summed E-state index contributed by atoms with van der Waals surface area (Å²) in [5.41, 5.74) is 1.01. The molecule has 0 amide bonds. The van der Waals surface area contributed by atoms with Crippen LogP contribution in [-0.2, 0) is 4.74 Å². The highest BCUT2D eigenvalue weighted by atomic mass is 35.5. The van der Waals surface area contributed by atoms with Crippen LogP contribution in [0.15, 0.2) is 52.9 Å². The lowest BCUT2D eigenvalue weighted by Crippen LogP contribution is -2.10. The van der Waals surface area contributed by atoms with Gasteiger partial charge in [-0.2, -0.15) is 0 Å². The van der Waals surface area contributed by atoms with E-state index in [1.807, 2.05) is 24.3 Å². The molecule has 0 saturated carbocycles. The minimum atomic E-state index is -0.640. The van der Waals surface area contributed by atoms with Crippen molar-refractivity contribution in [1.82, 2.24) is 0 Å². The van der Waals surface area contributed by atoms with E-state index in [0.29, 0.717) is 38.1 Å². The molecular weight excluding hydrogens is 427 g/mol. The molecule has 7 heteroatoms. The highest BCUT2D eigenvalue weighted by molar-refractivity contribution is 6.36. The largest absolute Gasteiger partial charge is 0.462 e. The van der Waals surface area contributed by atoms with Gasteiger partial charge in [-0.25, -0.2) is 9.59 Å². The summed E-state index contributed by atoms with van der Waals surface area (Å²) in [7, 11) is 0. The van der Waals surface area contributed by atoms with Crippen molar-refractivity contribution in [3.05, 3.63) is 75.5 Å². The first-order valence-corrected chi connectivity index (χ1v) is 9.95. The Labute approximate surface area is 182 Å². The first kappa shape index (κ1) is 20.3. The third kappa shape index (κ3) is 3.51. The molecule has 0 radical (unpaired) electrons. The molecular formula is C23H16Cl2O5. The molecule has 30 heavy (non-hydrogen) atoms. The van der Waals surface area contributed by atoms with Crippen molar-refractivity contribution >= 4 is 56.9 Å². The van der Waals surface area contributed by atoms with E-state index in [4.69, 9.17) is 37.1 Å². The molecule has 4 rings (SSSR count). The van der Waals surface area contributed by atoms with E-state index in [-0.39, 0.29) is 22.9 Å². The number of halogens is 2. The number of fused-ring (bicyclic) bond motifs is 3. The third-order valence-electron chi connectivity index (χ3n) is 4.67. The van der Waals surface area contributed by atoms with Gasteiger partial charge in [-0.05, 0) is 38.1 Å². The number of benzene rings is 3. The Balaban J connectivity index is 1.89. The molecule has 0 bridgehead atoms. The molecule has 4 aromatic rings. The fraction of sp³-hybridized carbons (Fsp3) is 0.130. The first-order valence-electron chi connectivity index (χ1n) is 9.20. The monoisotopic (exact) mass is 442 g/mol. The predicted octanol–water partition coefficient (Wildman–Crippen LogP) is 6.60. The van der Waals surface area contributed by atoms with Gasteiger partial charge in [-0.3, -0.25) is 0 Å². The summed E-state index contributed by atoms with van der Waals surface area (Å²) in [6.07, 6.45) is 0. The van der Waals surface area contributed by atoms with Gasteiger partial charge >= 0.3 is 11.9 Å². The van der Waals surface area contributed by atoms with E-state index in [1.54, 1.807) is 26.0 Å². The van der Waals surface area contributed by atoms with E-state index in [1.165, 1.54) is 12.1 Å². The summed E-state index contributed by atoms with van der Waals surface area (Å²) < 4.78 is 16.7. The molecule has 0 spiro atoms. The molecule has 0 aliphatic rings. The van der Waals surface area contributed by atoms with Crippen LogP contribution < -0.4 is 4.74 Å². The molecule has 0 atom stereocenters. The molecule has 5 nitrogen and oxygen atoms in total. The molecule has 1 aromatic heterocycles. The van der Waals surface area contributed by atoms with Crippen LogP contribution >= 0.6 is 23.2 Å². The number of rotatable bonds is 4. The van der Waals surface area contributed by atoms with Gasteiger partial charge in [0.05, 0.1) is 17.2 Å². The van der Waals surface area contributed by atoms with Gasteiger partial charge in [0.2, 0.25) is 0 Å². The number of ether oxygens (including phenoxy) is 2. The summed E-state index contributed by atoms with van der Waals surface area (Å²) in [6, 6.07) is 13.4. The maximum atomic E-state index is 12.8. The molecule has 0 unspecified atom stereocenters. The second kappa shape index (κ2) is 8.01. The van der Waals surface area contributed by atoms with Crippen LogP contribution in [0.5, 0.6) is 5.75 Å². The van der Waals surface area contributed by atoms with Gasteiger partial charge in [0.1, 0.15) is 22.7 Å². The van der Waals surface area contributed by atoms with Crippen LogP contribution in [0.25, 0.3) is 21.7 Å². The molecule has 0 fully saturated rings. The smallest absolute Gasteiger partial charge is 0.345 e. The molecule has 0 N–H and O–H groups in total. The molecule has 0 aliphatic carbocycles. The normalized spacial score (nSPS) is 11.1. The number of furan rings is 1. The van der Waals surface area contributed by atoms with Gasteiger partial charge in [-0.15, -0.1) is 0 Å². The Hall–Kier alpha value is -3.02. The fourth-order valence-electron chi connectivity index (χ4n) is 3.36. The Morgan fingerprint density at radius 1 is 0.967 bits per heavy atom. The van der Waals surface area contributed by atoms with Crippen LogP contribution in [0.4, 0.5) is 0 Å². The number of aryl methyl sites for hydroxylation is 1. The zero-order chi connectivity index (χ0) is 21.4. The zero-order valence-corrected chi connectivity index (χ0v) is 17.6. The fourth-order valence-corrected chi connectivity index (χ4v) is 3.84. The second-order valence-electron chi connectivity index (χ2n) is 6.56. The van der Waals surface area contributed by atoms with Crippen molar-refractivity contribution in [2.75, 3.05) is 6.61 Å². The number of carbonyl (C=O) groups is 2. The maximum Gasteiger partial charge on any atom is 0.345 e.